The number of carbonyl (C=O) groups excluding carboxylic acids is 1. The van der Waals surface area contributed by atoms with Crippen LogP contribution in [0.2, 0.25) is 8.87 Å². The summed E-state index contributed by atoms with van der Waals surface area (Å²) in [6.07, 6.45) is 32.2. The van der Waals surface area contributed by atoms with Gasteiger partial charge in [-0.05, 0) is 0 Å². The summed E-state index contributed by atoms with van der Waals surface area (Å²) in [7, 11) is 0. The standard InChI is InChI=1S/C18H35O2S.2C8H17.Sn.H/c1-3-5-7-9-11-13-15-17(21)18(19)20-16-14-12-10-8-6-4-2;2*1-3-5-7-8-6-4-2;;/h21H,3-16H2,1-2H3;2*1,3-8H2,2H3;;. The third-order valence-corrected chi connectivity index (χ3v) is 23.0. The van der Waals surface area contributed by atoms with Gasteiger partial charge < -0.3 is 0 Å². The summed E-state index contributed by atoms with van der Waals surface area (Å²) in [6, 6.07) is 0. The third-order valence-electron chi connectivity index (χ3n) is 8.48. The average Bonchev–Trinajstić information content (AvgIpc) is 2.92. The minimum absolute atomic E-state index is 0.0840. The fourth-order valence-electron chi connectivity index (χ4n) is 5.78. The van der Waals surface area contributed by atoms with E-state index >= 15 is 0 Å². The molecule has 0 aliphatic rings. The van der Waals surface area contributed by atoms with E-state index in [2.05, 4.69) is 27.7 Å². The number of rotatable bonds is 30. The second kappa shape index (κ2) is 29.1. The summed E-state index contributed by atoms with van der Waals surface area (Å²) < 4.78 is 8.33. The van der Waals surface area contributed by atoms with Crippen molar-refractivity contribution in [1.29, 1.82) is 0 Å². The Hall–Kier alpha value is 0.619. The molecule has 0 N–H and O–H groups in total. The van der Waals surface area contributed by atoms with E-state index in [-0.39, 0.29) is 5.97 Å². The zero-order valence-electron chi connectivity index (χ0n) is 26.6. The van der Waals surface area contributed by atoms with Crippen molar-refractivity contribution in [2.45, 2.75) is 200 Å². The predicted molar refractivity (Wildman–Crippen MR) is 178 cm³/mol. The van der Waals surface area contributed by atoms with Gasteiger partial charge in [0.05, 0.1) is 0 Å². The second-order valence-electron chi connectivity index (χ2n) is 12.2. The molecule has 0 amide bonds. The first-order valence-electron chi connectivity index (χ1n) is 17.5. The van der Waals surface area contributed by atoms with Crippen LogP contribution in [0.3, 0.4) is 0 Å². The van der Waals surface area contributed by atoms with E-state index in [4.69, 9.17) is 17.4 Å². The first-order valence-corrected chi connectivity index (χ1v) is 24.2. The van der Waals surface area contributed by atoms with Gasteiger partial charge in [-0.1, -0.05) is 0 Å². The quantitative estimate of drug-likeness (QED) is 0.0359. The van der Waals surface area contributed by atoms with Gasteiger partial charge >= 0.3 is 254 Å². The molecule has 0 aromatic rings. The molecular weight excluding hydrogens is 591 g/mol. The minimum atomic E-state index is -2.28. The summed E-state index contributed by atoms with van der Waals surface area (Å²) in [6.45, 7) is 9.73. The SMILES string of the molecule is CCCCCCCCOC(=O)[C](S)(CCCCCCCC)[SnH]([CH2]CCCCCCC)[CH2]CCCCCCC. The molecule has 0 saturated heterocycles. The Labute approximate surface area is 253 Å². The molecule has 228 valence electrons. The van der Waals surface area contributed by atoms with Crippen LogP contribution in [0.4, 0.5) is 0 Å². The van der Waals surface area contributed by atoms with E-state index < -0.39 is 22.5 Å². The van der Waals surface area contributed by atoms with Crippen LogP contribution in [-0.2, 0) is 9.53 Å². The first kappa shape index (κ1) is 38.6. The summed E-state index contributed by atoms with van der Waals surface area (Å²) in [5.74, 6) is 0.0840. The van der Waals surface area contributed by atoms with Crippen LogP contribution in [0.5, 0.6) is 0 Å². The van der Waals surface area contributed by atoms with Crippen LogP contribution in [0.15, 0.2) is 0 Å². The molecule has 1 atom stereocenters. The summed E-state index contributed by atoms with van der Waals surface area (Å²) in [5, 5.41) is 0. The molecular formula is C34H70O2SSn. The molecule has 4 heteroatoms. The zero-order valence-corrected chi connectivity index (χ0v) is 30.8. The maximum absolute atomic E-state index is 13.7. The van der Waals surface area contributed by atoms with Gasteiger partial charge in [0.1, 0.15) is 0 Å². The fourth-order valence-corrected chi connectivity index (χ4v) is 18.7. The number of hydrogen-bond donors (Lipinski definition) is 1. The molecule has 0 saturated carbocycles. The first-order chi connectivity index (χ1) is 18.6. The van der Waals surface area contributed by atoms with Gasteiger partial charge in [0, 0.05) is 0 Å². The number of carbonyl (C=O) groups is 1. The van der Waals surface area contributed by atoms with Crippen LogP contribution >= 0.6 is 12.6 Å². The molecule has 0 radical (unpaired) electrons. The van der Waals surface area contributed by atoms with Gasteiger partial charge in [0.25, 0.3) is 0 Å². The Balaban J connectivity index is 5.12. The topological polar surface area (TPSA) is 26.3 Å². The van der Waals surface area contributed by atoms with E-state index in [1.54, 1.807) is 0 Å². The molecule has 38 heavy (non-hydrogen) atoms. The molecule has 0 aromatic carbocycles. The van der Waals surface area contributed by atoms with Crippen molar-refractivity contribution < 1.29 is 9.53 Å². The number of thiol groups is 1. The number of hydrogen-bond acceptors (Lipinski definition) is 3. The Kier molecular flexibility index (Phi) is 29.6. The van der Waals surface area contributed by atoms with Crippen LogP contribution in [0, 0.1) is 0 Å². The number of unbranched alkanes of at least 4 members (excludes halogenated alkanes) is 20. The molecule has 0 aromatic heterocycles. The zero-order chi connectivity index (χ0) is 28.2. The van der Waals surface area contributed by atoms with Gasteiger partial charge in [-0.25, -0.2) is 0 Å². The van der Waals surface area contributed by atoms with Gasteiger partial charge in [0.2, 0.25) is 0 Å². The fraction of sp³-hybridized carbons (Fsp3) is 0.971. The van der Waals surface area contributed by atoms with Gasteiger partial charge in [-0.2, -0.15) is 0 Å². The van der Waals surface area contributed by atoms with E-state index in [9.17, 15) is 4.79 Å². The van der Waals surface area contributed by atoms with Crippen LogP contribution < -0.4 is 0 Å². The van der Waals surface area contributed by atoms with Crippen molar-refractivity contribution >= 4 is 38.4 Å². The second-order valence-corrected chi connectivity index (χ2v) is 24.4. The van der Waals surface area contributed by atoms with E-state index in [1.807, 2.05) is 0 Å². The maximum atomic E-state index is 13.7. The molecule has 1 unspecified atom stereocenters. The van der Waals surface area contributed by atoms with E-state index in [0.29, 0.717) is 6.61 Å². The Morgan fingerprint density at radius 3 is 1.29 bits per heavy atom. The van der Waals surface area contributed by atoms with Crippen molar-refractivity contribution in [3.05, 3.63) is 0 Å². The van der Waals surface area contributed by atoms with Crippen LogP contribution in [-0.4, -0.2) is 35.1 Å². The molecule has 0 aliphatic heterocycles. The van der Waals surface area contributed by atoms with Crippen molar-refractivity contribution in [1.82, 2.24) is 0 Å². The molecule has 0 fully saturated rings. The third kappa shape index (κ3) is 21.4. The Morgan fingerprint density at radius 1 is 0.526 bits per heavy atom. The van der Waals surface area contributed by atoms with E-state index in [1.165, 1.54) is 150 Å². The van der Waals surface area contributed by atoms with Crippen molar-refractivity contribution in [2.24, 2.45) is 0 Å². The number of esters is 1. The van der Waals surface area contributed by atoms with Crippen LogP contribution in [0.1, 0.15) is 188 Å². The Morgan fingerprint density at radius 2 is 0.868 bits per heavy atom. The van der Waals surface area contributed by atoms with Gasteiger partial charge in [0.15, 0.2) is 0 Å². The monoisotopic (exact) mass is 662 g/mol. The average molecular weight is 662 g/mol. The van der Waals surface area contributed by atoms with Crippen molar-refractivity contribution in [2.75, 3.05) is 6.61 Å². The van der Waals surface area contributed by atoms with Gasteiger partial charge in [-0.3, -0.25) is 0 Å². The summed E-state index contributed by atoms with van der Waals surface area (Å²) >= 11 is 3.08. The Bertz CT molecular complexity index is 485. The van der Waals surface area contributed by atoms with Crippen LogP contribution in [0.25, 0.3) is 0 Å². The van der Waals surface area contributed by atoms with Gasteiger partial charge in [-0.15, -0.1) is 0 Å². The molecule has 0 aliphatic carbocycles. The molecule has 0 bridgehead atoms. The van der Waals surface area contributed by atoms with Crippen molar-refractivity contribution in [3.8, 4) is 0 Å². The number of ether oxygens (including phenoxy) is 1. The molecule has 2 nitrogen and oxygen atoms in total. The summed E-state index contributed by atoms with van der Waals surface area (Å²) in [5.41, 5.74) is 0. The predicted octanol–water partition coefficient (Wildman–Crippen LogP) is 11.8. The molecule has 0 spiro atoms. The normalized spacial score (nSPS) is 13.2. The van der Waals surface area contributed by atoms with Crippen molar-refractivity contribution in [3.63, 3.8) is 0 Å². The summed E-state index contributed by atoms with van der Waals surface area (Å²) in [4.78, 5) is 13.7. The van der Waals surface area contributed by atoms with E-state index in [0.717, 1.165) is 19.3 Å². The molecule has 0 rings (SSSR count). The molecule has 0 heterocycles.